The van der Waals surface area contributed by atoms with Crippen LogP contribution < -0.4 is 5.32 Å². The van der Waals surface area contributed by atoms with Gasteiger partial charge in [-0.05, 0) is 49.1 Å². The van der Waals surface area contributed by atoms with E-state index in [1.165, 1.54) is 12.6 Å². The average Bonchev–Trinajstić information content (AvgIpc) is 3.50. The number of nitrogens with zero attached hydrogens (tertiary/aromatic N) is 3. The molecule has 3 aromatic rings. The molecule has 0 spiro atoms. The molecule has 5 rings (SSSR count). The number of aromatic hydroxyl groups is 1. The van der Waals surface area contributed by atoms with Gasteiger partial charge in [-0.2, -0.15) is 5.26 Å². The van der Waals surface area contributed by atoms with Gasteiger partial charge < -0.3 is 24.5 Å². The number of rotatable bonds is 4. The van der Waals surface area contributed by atoms with Gasteiger partial charge in [-0.15, -0.1) is 0 Å². The zero-order valence-corrected chi connectivity index (χ0v) is 19.7. The predicted molar refractivity (Wildman–Crippen MR) is 126 cm³/mol. The first-order valence-corrected chi connectivity index (χ1v) is 11.5. The number of carbonyl (C=O) groups is 2. The van der Waals surface area contributed by atoms with Crippen LogP contribution in [0.4, 0.5) is 9.18 Å². The van der Waals surface area contributed by atoms with E-state index in [4.69, 9.17) is 14.4 Å². The molecule has 10 heteroatoms. The Kier molecular flexibility index (Phi) is 7.49. The third kappa shape index (κ3) is 5.63. The maximum atomic E-state index is 14.3. The molecule has 2 saturated heterocycles. The van der Waals surface area contributed by atoms with Gasteiger partial charge in [0, 0.05) is 20.0 Å². The molecule has 2 aromatic carbocycles. The van der Waals surface area contributed by atoms with Gasteiger partial charge >= 0.3 is 6.09 Å². The van der Waals surface area contributed by atoms with Crippen LogP contribution in [0.25, 0.3) is 11.3 Å². The molecule has 2 fully saturated rings. The predicted octanol–water partition coefficient (Wildman–Crippen LogP) is 4.29. The number of piperidine rings is 1. The van der Waals surface area contributed by atoms with Crippen molar-refractivity contribution in [3.05, 3.63) is 71.0 Å². The summed E-state index contributed by atoms with van der Waals surface area (Å²) in [6.45, 7) is 3.32. The van der Waals surface area contributed by atoms with Gasteiger partial charge in [-0.1, -0.05) is 12.1 Å². The van der Waals surface area contributed by atoms with Crippen molar-refractivity contribution in [3.8, 4) is 23.1 Å². The van der Waals surface area contributed by atoms with E-state index in [9.17, 15) is 19.1 Å². The Morgan fingerprint density at radius 1 is 1.31 bits per heavy atom. The van der Waals surface area contributed by atoms with Gasteiger partial charge in [0.1, 0.15) is 18.2 Å². The molecule has 186 valence electrons. The summed E-state index contributed by atoms with van der Waals surface area (Å²) < 4.78 is 24.5. The summed E-state index contributed by atoms with van der Waals surface area (Å²) in [5.74, 6) is -1.15. The van der Waals surface area contributed by atoms with Crippen LogP contribution in [0.1, 0.15) is 46.6 Å². The highest BCUT2D eigenvalue weighted by Crippen LogP contribution is 2.32. The third-order valence-corrected chi connectivity index (χ3v) is 6.01. The molecule has 1 aromatic heterocycles. The molecule has 2 N–H and O–H groups in total. The van der Waals surface area contributed by atoms with Crippen molar-refractivity contribution in [1.29, 1.82) is 5.26 Å². The van der Waals surface area contributed by atoms with Crippen molar-refractivity contribution >= 4 is 12.0 Å². The quantitative estimate of drug-likeness (QED) is 0.556. The Morgan fingerprint density at radius 2 is 2.08 bits per heavy atom. The van der Waals surface area contributed by atoms with Crippen LogP contribution in [-0.2, 0) is 11.3 Å². The first-order chi connectivity index (χ1) is 17.4. The first-order valence-electron chi connectivity index (χ1n) is 11.5. The topological polar surface area (TPSA) is 129 Å². The molecule has 0 radical (unpaired) electrons. The molecule has 36 heavy (non-hydrogen) atoms. The summed E-state index contributed by atoms with van der Waals surface area (Å²) in [5, 5.41) is 21.4. The highest BCUT2D eigenvalue weighted by Gasteiger charge is 2.34. The molecule has 1 atom stereocenters. The molecule has 1 unspecified atom stereocenters. The number of fused-ring (bicyclic) bond motifs is 1. The van der Waals surface area contributed by atoms with Crippen LogP contribution in [0.15, 0.2) is 47.0 Å². The van der Waals surface area contributed by atoms with E-state index in [0.717, 1.165) is 37.1 Å². The number of hydrogen-bond donors (Lipinski definition) is 2. The normalized spacial score (nSPS) is 16.3. The van der Waals surface area contributed by atoms with Gasteiger partial charge in [0.25, 0.3) is 5.91 Å². The molecule has 9 nitrogen and oxygen atoms in total. The Morgan fingerprint density at radius 3 is 2.75 bits per heavy atom. The zero-order chi connectivity index (χ0) is 25.7. The minimum absolute atomic E-state index is 0.107. The number of cyclic esters (lactones) is 1. The fourth-order valence-corrected chi connectivity index (χ4v) is 4.06. The van der Waals surface area contributed by atoms with Gasteiger partial charge in [0.2, 0.25) is 0 Å². The van der Waals surface area contributed by atoms with Crippen molar-refractivity contribution in [1.82, 2.24) is 15.2 Å². The van der Waals surface area contributed by atoms with Gasteiger partial charge in [0.05, 0.1) is 35.0 Å². The summed E-state index contributed by atoms with van der Waals surface area (Å²) in [7, 11) is 0. The van der Waals surface area contributed by atoms with E-state index in [0.29, 0.717) is 24.1 Å². The van der Waals surface area contributed by atoms with Crippen molar-refractivity contribution in [3.63, 3.8) is 0 Å². The second-order valence-electron chi connectivity index (χ2n) is 8.50. The number of nitriles is 1. The number of carbonyl (C=O) groups excluding carboxylic acids is 2. The molecule has 0 aliphatic carbocycles. The Labute approximate surface area is 207 Å². The minimum atomic E-state index is -0.788. The number of aryl methyl sites for hydroxylation is 1. The highest BCUT2D eigenvalue weighted by molar-refractivity contribution is 5.95. The molecular weight excluding hydrogens is 467 g/mol. The maximum absolute atomic E-state index is 14.3. The van der Waals surface area contributed by atoms with Gasteiger partial charge in [-0.25, -0.2) is 14.2 Å². The number of halogens is 1. The van der Waals surface area contributed by atoms with Crippen molar-refractivity contribution in [2.24, 2.45) is 0 Å². The highest BCUT2D eigenvalue weighted by atomic mass is 19.1. The van der Waals surface area contributed by atoms with Crippen LogP contribution in [0.2, 0.25) is 0 Å². The van der Waals surface area contributed by atoms with Gasteiger partial charge in [-0.3, -0.25) is 4.79 Å². The molecule has 0 saturated carbocycles. The lowest BCUT2D eigenvalue weighted by molar-refractivity contribution is 0.0946. The Hall–Kier alpha value is -4.39. The number of oxazole rings is 1. The van der Waals surface area contributed by atoms with Crippen molar-refractivity contribution in [2.75, 3.05) is 13.2 Å². The van der Waals surface area contributed by atoms with E-state index in [2.05, 4.69) is 10.3 Å². The number of nitrogens with one attached hydrogen (secondary N) is 1. The van der Waals surface area contributed by atoms with E-state index in [-0.39, 0.29) is 35.3 Å². The summed E-state index contributed by atoms with van der Waals surface area (Å²) in [4.78, 5) is 28.9. The fraction of sp³-hybridized carbons (Fsp3) is 0.308. The van der Waals surface area contributed by atoms with Crippen LogP contribution in [0, 0.1) is 24.1 Å². The largest absolute Gasteiger partial charge is 0.507 e. The van der Waals surface area contributed by atoms with E-state index in [1.54, 1.807) is 31.2 Å². The maximum Gasteiger partial charge on any atom is 0.410 e. The Bertz CT molecular complexity index is 1300. The fourth-order valence-electron chi connectivity index (χ4n) is 4.06. The lowest BCUT2D eigenvalue weighted by Crippen LogP contribution is -2.37. The van der Waals surface area contributed by atoms with Crippen LogP contribution in [-0.4, -0.2) is 46.2 Å². The smallest absolute Gasteiger partial charge is 0.410 e. The molecule has 3 heterocycles. The van der Waals surface area contributed by atoms with Crippen molar-refractivity contribution in [2.45, 2.75) is 38.8 Å². The SMILES string of the molecule is Cc1ncc(-c2cc(F)c(C(=O)NCc3ccc(C#N)cc3)cc2O)o1.O=C1OCC2CCCCN12. The molecular formula is C26H25FN4O5. The number of benzene rings is 2. The lowest BCUT2D eigenvalue weighted by Gasteiger charge is -2.25. The number of phenolic OH excluding ortho intramolecular Hbond substituents is 1. The van der Waals surface area contributed by atoms with Crippen molar-refractivity contribution < 1.29 is 28.2 Å². The summed E-state index contributed by atoms with van der Waals surface area (Å²) in [5.41, 5.74) is 1.10. The van der Waals surface area contributed by atoms with Gasteiger partial charge in [0.15, 0.2) is 11.7 Å². The second kappa shape index (κ2) is 10.9. The third-order valence-electron chi connectivity index (χ3n) is 6.01. The first kappa shape index (κ1) is 24.7. The summed E-state index contributed by atoms with van der Waals surface area (Å²) in [6, 6.07) is 11.1. The number of ether oxygens (including phenoxy) is 1. The van der Waals surface area contributed by atoms with Crippen LogP contribution in [0.5, 0.6) is 5.75 Å². The number of phenols is 1. The average molecular weight is 493 g/mol. The second-order valence-corrected chi connectivity index (χ2v) is 8.50. The lowest BCUT2D eigenvalue weighted by atomic mass is 10.0. The minimum Gasteiger partial charge on any atom is -0.507 e. The molecule has 0 bridgehead atoms. The zero-order valence-electron chi connectivity index (χ0n) is 19.7. The molecule has 2 aliphatic heterocycles. The van der Waals surface area contributed by atoms with E-state index in [1.807, 2.05) is 11.0 Å². The van der Waals surface area contributed by atoms with E-state index < -0.39 is 11.7 Å². The number of hydrogen-bond acceptors (Lipinski definition) is 7. The molecule has 2 aliphatic rings. The Balaban J connectivity index is 0.000000251. The van der Waals surface area contributed by atoms with Crippen LogP contribution >= 0.6 is 0 Å². The van der Waals surface area contributed by atoms with Crippen LogP contribution in [0.3, 0.4) is 0 Å². The van der Waals surface area contributed by atoms with E-state index >= 15 is 0 Å². The number of amides is 2. The summed E-state index contributed by atoms with van der Waals surface area (Å²) in [6.07, 6.45) is 4.79. The standard InChI is InChI=1S/C19H14FN3O3.C7H11NO2/c1-11-22-10-18(26-11)15-6-16(20)14(7-17(15)24)19(25)23-9-13-4-2-12(8-21)3-5-13;9-7-8-4-2-1-3-6(8)5-10-7/h2-7,10,24H,9H2,1H3,(H,23,25);6H,1-5H2. The summed E-state index contributed by atoms with van der Waals surface area (Å²) >= 11 is 0. The molecule has 2 amide bonds. The monoisotopic (exact) mass is 492 g/mol. The number of aromatic nitrogens is 1.